The number of aromatic nitrogens is 2. The number of nitrogens with one attached hydrogen (secondary N) is 2. The highest BCUT2D eigenvalue weighted by Gasteiger charge is 2.22. The monoisotopic (exact) mass is 396 g/mol. The zero-order chi connectivity index (χ0) is 21.0. The van der Waals surface area contributed by atoms with Gasteiger partial charge in [-0.1, -0.05) is 0 Å². The first-order chi connectivity index (χ1) is 13.8. The van der Waals surface area contributed by atoms with Gasteiger partial charge in [-0.3, -0.25) is 14.4 Å². The average Bonchev–Trinajstić information content (AvgIpc) is 2.68. The molecule has 3 rings (SSSR count). The maximum absolute atomic E-state index is 12.7. The zero-order valence-corrected chi connectivity index (χ0v) is 16.7. The van der Waals surface area contributed by atoms with Crippen molar-refractivity contribution < 1.29 is 14.4 Å². The van der Waals surface area contributed by atoms with E-state index in [1.165, 1.54) is 6.92 Å². The fraction of sp³-hybridized carbons (Fsp3) is 0.350. The second-order valence-corrected chi connectivity index (χ2v) is 6.90. The Morgan fingerprint density at radius 1 is 0.897 bits per heavy atom. The molecule has 0 bridgehead atoms. The van der Waals surface area contributed by atoms with Gasteiger partial charge in [-0.15, -0.1) is 0 Å². The molecule has 0 unspecified atom stereocenters. The van der Waals surface area contributed by atoms with Crippen LogP contribution in [0.1, 0.15) is 30.0 Å². The molecule has 1 aliphatic heterocycles. The fourth-order valence-corrected chi connectivity index (χ4v) is 3.07. The molecular weight excluding hydrogens is 372 g/mol. The Labute approximate surface area is 169 Å². The Morgan fingerprint density at radius 2 is 1.48 bits per heavy atom. The van der Waals surface area contributed by atoms with E-state index in [4.69, 9.17) is 0 Å². The van der Waals surface area contributed by atoms with Crippen LogP contribution in [0.15, 0.2) is 30.3 Å². The van der Waals surface area contributed by atoms with E-state index in [-0.39, 0.29) is 23.4 Å². The number of benzene rings is 1. The highest BCUT2D eigenvalue weighted by atomic mass is 16.2. The van der Waals surface area contributed by atoms with Gasteiger partial charge in [0, 0.05) is 57.1 Å². The Kier molecular flexibility index (Phi) is 6.06. The summed E-state index contributed by atoms with van der Waals surface area (Å²) in [6.07, 6.45) is 0. The number of anilines is 3. The minimum Gasteiger partial charge on any atom is -0.339 e. The number of nitrogens with zero attached hydrogens (tertiary/aromatic N) is 4. The van der Waals surface area contributed by atoms with Crippen LogP contribution in [0.25, 0.3) is 0 Å². The fourth-order valence-electron chi connectivity index (χ4n) is 3.07. The van der Waals surface area contributed by atoms with Gasteiger partial charge in [-0.05, 0) is 37.3 Å². The quantitative estimate of drug-likeness (QED) is 0.814. The molecule has 1 fully saturated rings. The van der Waals surface area contributed by atoms with Crippen LogP contribution in [0.4, 0.5) is 17.3 Å². The van der Waals surface area contributed by atoms with Crippen LogP contribution in [0.3, 0.4) is 0 Å². The van der Waals surface area contributed by atoms with E-state index < -0.39 is 0 Å². The number of carbonyl (C=O) groups is 3. The van der Waals surface area contributed by atoms with E-state index in [9.17, 15) is 14.4 Å². The average molecular weight is 396 g/mol. The van der Waals surface area contributed by atoms with E-state index in [0.29, 0.717) is 49.2 Å². The van der Waals surface area contributed by atoms with E-state index in [0.717, 1.165) is 0 Å². The van der Waals surface area contributed by atoms with Crippen molar-refractivity contribution in [3.8, 4) is 0 Å². The number of hydrogen-bond donors (Lipinski definition) is 2. The summed E-state index contributed by atoms with van der Waals surface area (Å²) in [7, 11) is 0. The molecule has 1 aromatic heterocycles. The number of aryl methyl sites for hydroxylation is 1. The van der Waals surface area contributed by atoms with Crippen LogP contribution < -0.4 is 15.5 Å². The first-order valence-electron chi connectivity index (χ1n) is 9.37. The molecule has 2 N–H and O–H groups in total. The summed E-state index contributed by atoms with van der Waals surface area (Å²) >= 11 is 0. The topological polar surface area (TPSA) is 108 Å². The predicted octanol–water partition coefficient (Wildman–Crippen LogP) is 1.66. The molecule has 0 atom stereocenters. The van der Waals surface area contributed by atoms with Crippen molar-refractivity contribution >= 4 is 35.0 Å². The van der Waals surface area contributed by atoms with Crippen molar-refractivity contribution in [1.82, 2.24) is 14.9 Å². The lowest BCUT2D eigenvalue weighted by Gasteiger charge is -2.34. The SMILES string of the molecule is CC(=O)Nc1ccc(NC(=O)c2cc(C)nc(N3CCN(C(C)=O)CC3)n2)cc1. The van der Waals surface area contributed by atoms with Gasteiger partial charge in [0.05, 0.1) is 0 Å². The molecular formula is C20H24N6O3. The summed E-state index contributed by atoms with van der Waals surface area (Å²) in [6.45, 7) is 7.26. The van der Waals surface area contributed by atoms with Crippen molar-refractivity contribution in [1.29, 1.82) is 0 Å². The molecule has 1 saturated heterocycles. The van der Waals surface area contributed by atoms with Crippen molar-refractivity contribution in [3.05, 3.63) is 41.7 Å². The van der Waals surface area contributed by atoms with Crippen LogP contribution >= 0.6 is 0 Å². The number of carbonyl (C=O) groups excluding carboxylic acids is 3. The van der Waals surface area contributed by atoms with Crippen LogP contribution in [0.2, 0.25) is 0 Å². The molecule has 3 amide bonds. The van der Waals surface area contributed by atoms with E-state index >= 15 is 0 Å². The summed E-state index contributed by atoms with van der Waals surface area (Å²) in [4.78, 5) is 47.9. The normalized spacial score (nSPS) is 13.8. The predicted molar refractivity (Wildman–Crippen MR) is 110 cm³/mol. The molecule has 0 saturated carbocycles. The van der Waals surface area contributed by atoms with E-state index in [1.807, 2.05) is 11.8 Å². The highest BCUT2D eigenvalue weighted by molar-refractivity contribution is 6.03. The molecule has 0 spiro atoms. The number of piperazine rings is 1. The summed E-state index contributed by atoms with van der Waals surface area (Å²) < 4.78 is 0. The van der Waals surface area contributed by atoms with Gasteiger partial charge < -0.3 is 20.4 Å². The maximum atomic E-state index is 12.7. The minimum atomic E-state index is -0.341. The number of hydrogen-bond acceptors (Lipinski definition) is 6. The van der Waals surface area contributed by atoms with Crippen molar-refractivity contribution in [2.45, 2.75) is 20.8 Å². The van der Waals surface area contributed by atoms with Gasteiger partial charge in [0.25, 0.3) is 5.91 Å². The summed E-state index contributed by atoms with van der Waals surface area (Å²) in [6, 6.07) is 8.47. The Bertz CT molecular complexity index is 920. The lowest BCUT2D eigenvalue weighted by atomic mass is 10.2. The van der Waals surface area contributed by atoms with E-state index in [2.05, 4.69) is 20.6 Å². The van der Waals surface area contributed by atoms with Gasteiger partial charge in [0.2, 0.25) is 17.8 Å². The van der Waals surface area contributed by atoms with Gasteiger partial charge in [0.1, 0.15) is 5.69 Å². The van der Waals surface area contributed by atoms with Gasteiger partial charge in [0.15, 0.2) is 0 Å². The molecule has 1 aliphatic rings. The molecule has 29 heavy (non-hydrogen) atoms. The van der Waals surface area contributed by atoms with Crippen LogP contribution in [-0.2, 0) is 9.59 Å². The first kappa shape index (κ1) is 20.2. The van der Waals surface area contributed by atoms with Gasteiger partial charge in [-0.25, -0.2) is 9.97 Å². The molecule has 1 aromatic carbocycles. The van der Waals surface area contributed by atoms with E-state index in [1.54, 1.807) is 42.2 Å². The van der Waals surface area contributed by atoms with Crippen LogP contribution in [0.5, 0.6) is 0 Å². The summed E-state index contributed by atoms with van der Waals surface area (Å²) in [5, 5.41) is 5.48. The minimum absolute atomic E-state index is 0.0550. The summed E-state index contributed by atoms with van der Waals surface area (Å²) in [5.41, 5.74) is 2.21. The molecule has 0 radical (unpaired) electrons. The lowest BCUT2D eigenvalue weighted by molar-refractivity contribution is -0.129. The van der Waals surface area contributed by atoms with Crippen molar-refractivity contribution in [3.63, 3.8) is 0 Å². The third kappa shape index (κ3) is 5.28. The van der Waals surface area contributed by atoms with Crippen molar-refractivity contribution in [2.24, 2.45) is 0 Å². The smallest absolute Gasteiger partial charge is 0.274 e. The van der Waals surface area contributed by atoms with Crippen LogP contribution in [-0.4, -0.2) is 58.8 Å². The van der Waals surface area contributed by atoms with Crippen molar-refractivity contribution in [2.75, 3.05) is 41.7 Å². The molecule has 2 heterocycles. The third-order valence-corrected chi connectivity index (χ3v) is 4.55. The van der Waals surface area contributed by atoms with Gasteiger partial charge >= 0.3 is 0 Å². The highest BCUT2D eigenvalue weighted by Crippen LogP contribution is 2.17. The maximum Gasteiger partial charge on any atom is 0.274 e. The Morgan fingerprint density at radius 3 is 2.03 bits per heavy atom. The third-order valence-electron chi connectivity index (χ3n) is 4.55. The van der Waals surface area contributed by atoms with Gasteiger partial charge in [-0.2, -0.15) is 0 Å². The Hall–Kier alpha value is -3.49. The lowest BCUT2D eigenvalue weighted by Crippen LogP contribution is -2.48. The number of amides is 3. The summed E-state index contributed by atoms with van der Waals surface area (Å²) in [5.74, 6) is 0.0417. The molecule has 2 aromatic rings. The second kappa shape index (κ2) is 8.68. The molecule has 9 heteroatoms. The number of rotatable bonds is 4. The Balaban J connectivity index is 1.69. The largest absolute Gasteiger partial charge is 0.339 e. The zero-order valence-electron chi connectivity index (χ0n) is 16.7. The van der Waals surface area contributed by atoms with Crippen LogP contribution in [0, 0.1) is 6.92 Å². The second-order valence-electron chi connectivity index (χ2n) is 6.90. The molecule has 152 valence electrons. The first-order valence-corrected chi connectivity index (χ1v) is 9.37. The standard InChI is InChI=1S/C20H24N6O3/c1-13-12-18(19(29)23-17-6-4-16(5-7-17)22-14(2)27)24-20(21-13)26-10-8-25(9-11-26)15(3)28/h4-7,12H,8-11H2,1-3H3,(H,22,27)(H,23,29). The molecule has 0 aliphatic carbocycles. The molecule has 9 nitrogen and oxygen atoms in total.